The van der Waals surface area contributed by atoms with Crippen molar-refractivity contribution < 1.29 is 9.53 Å². The Labute approximate surface area is 198 Å². The minimum absolute atomic E-state index is 0.0378. The van der Waals surface area contributed by atoms with E-state index >= 15 is 0 Å². The van der Waals surface area contributed by atoms with Gasteiger partial charge in [-0.3, -0.25) is 0 Å². The topological polar surface area (TPSA) is 127 Å². The molecule has 2 unspecified atom stereocenters. The van der Waals surface area contributed by atoms with E-state index in [1.54, 1.807) is 13.0 Å². The maximum absolute atomic E-state index is 12.5. The second-order valence-electron chi connectivity index (χ2n) is 8.27. The molecule has 2 aliphatic rings. The van der Waals surface area contributed by atoms with Crippen LogP contribution in [0.25, 0.3) is 11.1 Å². The van der Waals surface area contributed by atoms with Gasteiger partial charge in [0.05, 0.1) is 30.0 Å². The van der Waals surface area contributed by atoms with Crippen molar-refractivity contribution in [3.8, 4) is 29.3 Å². The Hall–Kier alpha value is -4.54. The molecule has 0 bridgehead atoms. The summed E-state index contributed by atoms with van der Waals surface area (Å²) in [5.41, 5.74) is 8.16. The molecule has 1 amide bonds. The van der Waals surface area contributed by atoms with Crippen LogP contribution in [0, 0.1) is 45.3 Å². The largest absolute Gasteiger partial charge is 0.450 e. The number of nitrogens with two attached hydrogens (primary N) is 1. The standard InChI is InChI=1S/C27H23N5O2/c1-2-34-26(33)32-13-12-21-22(14-28)25(31)27(16-29,17-30)24(23(21)15-32)20-10-8-19(9-11-20)18-6-4-3-5-7-18/h3-12,23-24H,2,13,15,31H2,1H3. The summed E-state index contributed by atoms with van der Waals surface area (Å²) in [5.74, 6) is -1.14. The van der Waals surface area contributed by atoms with Gasteiger partial charge in [0.15, 0.2) is 5.41 Å². The summed E-state index contributed by atoms with van der Waals surface area (Å²) in [6, 6.07) is 23.9. The molecule has 0 saturated heterocycles. The van der Waals surface area contributed by atoms with E-state index in [1.807, 2.05) is 54.6 Å². The lowest BCUT2D eigenvalue weighted by Gasteiger charge is -2.45. The van der Waals surface area contributed by atoms with Crippen LogP contribution in [-0.2, 0) is 4.74 Å². The molecule has 2 atom stereocenters. The highest BCUT2D eigenvalue weighted by molar-refractivity contribution is 5.70. The lowest BCUT2D eigenvalue weighted by atomic mass is 9.58. The molecule has 2 N–H and O–H groups in total. The molecule has 2 aromatic rings. The van der Waals surface area contributed by atoms with Crippen molar-refractivity contribution in [3.63, 3.8) is 0 Å². The highest BCUT2D eigenvalue weighted by Crippen LogP contribution is 2.54. The number of hydrogen-bond donors (Lipinski definition) is 1. The molecule has 0 spiro atoms. The van der Waals surface area contributed by atoms with Crippen molar-refractivity contribution in [2.24, 2.45) is 17.1 Å². The monoisotopic (exact) mass is 449 g/mol. The van der Waals surface area contributed by atoms with Crippen LogP contribution in [0.4, 0.5) is 4.79 Å². The van der Waals surface area contributed by atoms with Crippen molar-refractivity contribution in [1.82, 2.24) is 4.90 Å². The number of ether oxygens (including phenoxy) is 1. The molecule has 0 fully saturated rings. The lowest BCUT2D eigenvalue weighted by Crippen LogP contribution is -2.49. The number of nitrogens with zero attached hydrogens (tertiary/aromatic N) is 4. The first-order chi connectivity index (χ1) is 16.5. The molecule has 0 radical (unpaired) electrons. The van der Waals surface area contributed by atoms with E-state index in [1.165, 1.54) is 4.90 Å². The van der Waals surface area contributed by atoms with Gasteiger partial charge in [0, 0.05) is 24.9 Å². The Morgan fingerprint density at radius 2 is 1.74 bits per heavy atom. The second kappa shape index (κ2) is 9.14. The number of carbonyl (C=O) groups excluding carboxylic acids is 1. The number of carbonyl (C=O) groups is 1. The van der Waals surface area contributed by atoms with Crippen molar-refractivity contribution in [2.45, 2.75) is 12.8 Å². The minimum atomic E-state index is -1.75. The van der Waals surface area contributed by atoms with Crippen LogP contribution in [0.15, 0.2) is 77.5 Å². The maximum Gasteiger partial charge on any atom is 0.410 e. The SMILES string of the molecule is CCOC(=O)N1CC=C2C(C#N)=C(N)C(C#N)(C#N)C(c3ccc(-c4ccccc4)cc3)C2C1. The van der Waals surface area contributed by atoms with Gasteiger partial charge in [-0.25, -0.2) is 4.79 Å². The number of hydrogen-bond acceptors (Lipinski definition) is 6. The summed E-state index contributed by atoms with van der Waals surface area (Å²) in [7, 11) is 0. The molecular formula is C27H23N5O2. The van der Waals surface area contributed by atoms with Crippen molar-refractivity contribution in [1.29, 1.82) is 15.8 Å². The maximum atomic E-state index is 12.5. The van der Waals surface area contributed by atoms with E-state index in [0.717, 1.165) is 16.7 Å². The summed E-state index contributed by atoms with van der Waals surface area (Å²) in [4.78, 5) is 14.0. The van der Waals surface area contributed by atoms with E-state index in [0.29, 0.717) is 5.57 Å². The number of fused-ring (bicyclic) bond motifs is 1. The van der Waals surface area contributed by atoms with E-state index < -0.39 is 23.3 Å². The van der Waals surface area contributed by atoms with Crippen LogP contribution in [0.2, 0.25) is 0 Å². The first kappa shape index (κ1) is 22.6. The van der Waals surface area contributed by atoms with Gasteiger partial charge in [-0.2, -0.15) is 15.8 Å². The normalized spacial score (nSPS) is 20.8. The third-order valence-corrected chi connectivity index (χ3v) is 6.57. The van der Waals surface area contributed by atoms with Gasteiger partial charge in [-0.05, 0) is 29.2 Å². The van der Waals surface area contributed by atoms with Gasteiger partial charge in [0.25, 0.3) is 0 Å². The quantitative estimate of drug-likeness (QED) is 0.747. The zero-order chi connectivity index (χ0) is 24.3. The van der Waals surface area contributed by atoms with Crippen LogP contribution >= 0.6 is 0 Å². The number of rotatable bonds is 3. The Bertz CT molecular complexity index is 1280. The number of nitriles is 3. The molecule has 0 saturated carbocycles. The summed E-state index contributed by atoms with van der Waals surface area (Å²) in [6.07, 6.45) is 1.30. The van der Waals surface area contributed by atoms with E-state index in [9.17, 15) is 20.6 Å². The molecule has 7 nitrogen and oxygen atoms in total. The highest BCUT2D eigenvalue weighted by atomic mass is 16.6. The van der Waals surface area contributed by atoms with Crippen LogP contribution in [0.1, 0.15) is 18.4 Å². The smallest absolute Gasteiger partial charge is 0.410 e. The summed E-state index contributed by atoms with van der Waals surface area (Å²) >= 11 is 0. The van der Waals surface area contributed by atoms with Gasteiger partial charge in [-0.1, -0.05) is 60.7 Å². The van der Waals surface area contributed by atoms with Crippen molar-refractivity contribution >= 4 is 6.09 Å². The van der Waals surface area contributed by atoms with Gasteiger partial charge in [0.2, 0.25) is 0 Å². The predicted octanol–water partition coefficient (Wildman–Crippen LogP) is 4.24. The molecule has 34 heavy (non-hydrogen) atoms. The average molecular weight is 450 g/mol. The fraction of sp³-hybridized carbons (Fsp3) is 0.259. The van der Waals surface area contributed by atoms with Crippen LogP contribution in [0.3, 0.4) is 0 Å². The van der Waals surface area contributed by atoms with Gasteiger partial charge in [-0.15, -0.1) is 0 Å². The van der Waals surface area contributed by atoms with E-state index in [-0.39, 0.29) is 31.0 Å². The van der Waals surface area contributed by atoms with Crippen molar-refractivity contribution in [3.05, 3.63) is 83.1 Å². The zero-order valence-electron chi connectivity index (χ0n) is 18.7. The summed E-state index contributed by atoms with van der Waals surface area (Å²) in [5, 5.41) is 30.3. The van der Waals surface area contributed by atoms with Crippen molar-refractivity contribution in [2.75, 3.05) is 19.7 Å². The predicted molar refractivity (Wildman–Crippen MR) is 125 cm³/mol. The number of allylic oxidation sites excluding steroid dienone is 2. The third-order valence-electron chi connectivity index (χ3n) is 6.57. The molecule has 1 heterocycles. The Kier molecular flexibility index (Phi) is 6.09. The summed E-state index contributed by atoms with van der Waals surface area (Å²) in [6.45, 7) is 2.43. The zero-order valence-corrected chi connectivity index (χ0v) is 18.7. The Balaban J connectivity index is 1.85. The molecule has 4 rings (SSSR count). The van der Waals surface area contributed by atoms with Crippen LogP contribution in [-0.4, -0.2) is 30.7 Å². The number of benzene rings is 2. The van der Waals surface area contributed by atoms with E-state index in [2.05, 4.69) is 18.2 Å². The van der Waals surface area contributed by atoms with E-state index in [4.69, 9.17) is 10.5 Å². The highest BCUT2D eigenvalue weighted by Gasteiger charge is 2.54. The summed E-state index contributed by atoms with van der Waals surface area (Å²) < 4.78 is 5.17. The fourth-order valence-corrected chi connectivity index (χ4v) is 4.93. The molecule has 1 aliphatic carbocycles. The minimum Gasteiger partial charge on any atom is -0.450 e. The first-order valence-corrected chi connectivity index (χ1v) is 11.0. The molecule has 168 valence electrons. The Morgan fingerprint density at radius 1 is 1.09 bits per heavy atom. The average Bonchev–Trinajstić information content (AvgIpc) is 2.88. The number of amides is 1. The van der Waals surface area contributed by atoms with Crippen LogP contribution < -0.4 is 5.73 Å². The molecule has 1 aliphatic heterocycles. The Morgan fingerprint density at radius 3 is 2.32 bits per heavy atom. The van der Waals surface area contributed by atoms with Gasteiger partial charge >= 0.3 is 6.09 Å². The molecule has 2 aromatic carbocycles. The fourth-order valence-electron chi connectivity index (χ4n) is 4.93. The lowest BCUT2D eigenvalue weighted by molar-refractivity contribution is 0.0999. The molecular weight excluding hydrogens is 426 g/mol. The first-order valence-electron chi connectivity index (χ1n) is 11.0. The third kappa shape index (κ3) is 3.56. The second-order valence-corrected chi connectivity index (χ2v) is 8.27. The van der Waals surface area contributed by atoms with Gasteiger partial charge < -0.3 is 15.4 Å². The molecule has 0 aromatic heterocycles. The molecule has 7 heteroatoms. The van der Waals surface area contributed by atoms with Crippen LogP contribution in [0.5, 0.6) is 0 Å². The van der Waals surface area contributed by atoms with Gasteiger partial charge in [0.1, 0.15) is 6.07 Å².